The molecule has 0 radical (unpaired) electrons. The number of nitrogens with zero attached hydrogens (tertiary/aromatic N) is 1. The van der Waals surface area contributed by atoms with Crippen molar-refractivity contribution in [3.05, 3.63) is 70.6 Å². The van der Waals surface area contributed by atoms with Crippen molar-refractivity contribution < 1.29 is 9.18 Å². The zero-order valence-corrected chi connectivity index (χ0v) is 13.0. The lowest BCUT2D eigenvalue weighted by Crippen LogP contribution is -2.15. The topological polar surface area (TPSA) is 64.9 Å². The highest BCUT2D eigenvalue weighted by atomic mass is 35.5. The van der Waals surface area contributed by atoms with Crippen molar-refractivity contribution >= 4 is 28.9 Å². The molecule has 1 amide bonds. The first kappa shape index (κ1) is 16.5. The molecule has 2 rings (SSSR count). The lowest BCUT2D eigenvalue weighted by atomic mass is 10.2. The standard InChI is InChI=1S/C17H13ClFN3O/c1-11-13(18)5-4-8-15(11)22-17(23)12(9-20)10-21-16-7-3-2-6-14(16)19/h2-8,10,21H,1H3,(H,22,23)/b12-10-. The summed E-state index contributed by atoms with van der Waals surface area (Å²) in [5.41, 5.74) is 1.19. The van der Waals surface area contributed by atoms with E-state index in [0.29, 0.717) is 16.3 Å². The molecule has 0 fully saturated rings. The zero-order valence-electron chi connectivity index (χ0n) is 12.2. The number of carbonyl (C=O) groups excluding carboxylic acids is 1. The summed E-state index contributed by atoms with van der Waals surface area (Å²) in [6.07, 6.45) is 1.16. The first-order chi connectivity index (χ1) is 11.0. The lowest BCUT2D eigenvalue weighted by Gasteiger charge is -2.09. The van der Waals surface area contributed by atoms with Crippen LogP contribution in [0.25, 0.3) is 0 Å². The van der Waals surface area contributed by atoms with Gasteiger partial charge < -0.3 is 10.6 Å². The van der Waals surface area contributed by atoms with Crippen LogP contribution in [0.15, 0.2) is 54.2 Å². The van der Waals surface area contributed by atoms with Crippen LogP contribution in [0.3, 0.4) is 0 Å². The summed E-state index contributed by atoms with van der Waals surface area (Å²) >= 11 is 5.98. The normalized spacial score (nSPS) is 10.8. The third-order valence-corrected chi connectivity index (χ3v) is 3.54. The molecular formula is C17H13ClFN3O. The van der Waals surface area contributed by atoms with E-state index < -0.39 is 11.7 Å². The van der Waals surface area contributed by atoms with Crippen LogP contribution in [0.4, 0.5) is 15.8 Å². The number of nitriles is 1. The molecule has 0 aliphatic carbocycles. The SMILES string of the molecule is Cc1c(Cl)cccc1NC(=O)/C(C#N)=C\Nc1ccccc1F. The van der Waals surface area contributed by atoms with Gasteiger partial charge >= 0.3 is 0 Å². The summed E-state index contributed by atoms with van der Waals surface area (Å²) in [5.74, 6) is -1.09. The zero-order chi connectivity index (χ0) is 16.8. The molecule has 0 aromatic heterocycles. The van der Waals surface area contributed by atoms with Crippen LogP contribution in [0.5, 0.6) is 0 Å². The molecule has 0 aliphatic rings. The van der Waals surface area contributed by atoms with E-state index in [4.69, 9.17) is 16.9 Å². The number of hydrogen-bond acceptors (Lipinski definition) is 3. The average molecular weight is 330 g/mol. The minimum atomic E-state index is -0.610. The van der Waals surface area contributed by atoms with E-state index in [9.17, 15) is 9.18 Å². The quantitative estimate of drug-likeness (QED) is 0.651. The van der Waals surface area contributed by atoms with Crippen molar-refractivity contribution in [1.82, 2.24) is 0 Å². The van der Waals surface area contributed by atoms with Crippen molar-refractivity contribution in [3.8, 4) is 6.07 Å². The van der Waals surface area contributed by atoms with E-state index in [2.05, 4.69) is 10.6 Å². The second kappa shape index (κ2) is 7.43. The van der Waals surface area contributed by atoms with E-state index in [1.54, 1.807) is 43.3 Å². The van der Waals surface area contributed by atoms with Crippen molar-refractivity contribution in [2.75, 3.05) is 10.6 Å². The van der Waals surface area contributed by atoms with Crippen molar-refractivity contribution in [2.24, 2.45) is 0 Å². The second-order valence-corrected chi connectivity index (χ2v) is 5.07. The molecule has 6 heteroatoms. The first-order valence-electron chi connectivity index (χ1n) is 6.70. The summed E-state index contributed by atoms with van der Waals surface area (Å²) in [6, 6.07) is 12.8. The predicted molar refractivity (Wildman–Crippen MR) is 88.5 cm³/mol. The van der Waals surface area contributed by atoms with Gasteiger partial charge in [-0.25, -0.2) is 4.39 Å². The van der Waals surface area contributed by atoms with Gasteiger partial charge in [-0.05, 0) is 36.8 Å². The van der Waals surface area contributed by atoms with Gasteiger partial charge in [0.05, 0.1) is 5.69 Å². The largest absolute Gasteiger partial charge is 0.358 e. The van der Waals surface area contributed by atoms with E-state index in [1.165, 1.54) is 12.1 Å². The molecule has 0 spiro atoms. The molecule has 2 N–H and O–H groups in total. The maximum Gasteiger partial charge on any atom is 0.267 e. The van der Waals surface area contributed by atoms with Gasteiger partial charge in [0, 0.05) is 16.9 Å². The number of halogens is 2. The van der Waals surface area contributed by atoms with Crippen LogP contribution in [-0.2, 0) is 4.79 Å². The van der Waals surface area contributed by atoms with Gasteiger partial charge in [0.1, 0.15) is 17.5 Å². The number of carbonyl (C=O) groups is 1. The van der Waals surface area contributed by atoms with Crippen molar-refractivity contribution in [2.45, 2.75) is 6.92 Å². The number of para-hydroxylation sites is 1. The highest BCUT2D eigenvalue weighted by Gasteiger charge is 2.12. The molecule has 116 valence electrons. The number of benzene rings is 2. The van der Waals surface area contributed by atoms with Gasteiger partial charge in [0.2, 0.25) is 0 Å². The van der Waals surface area contributed by atoms with Crippen LogP contribution in [0, 0.1) is 24.1 Å². The Morgan fingerprint density at radius 1 is 1.22 bits per heavy atom. The fraction of sp³-hybridized carbons (Fsp3) is 0.0588. The molecule has 0 aliphatic heterocycles. The lowest BCUT2D eigenvalue weighted by molar-refractivity contribution is -0.112. The minimum Gasteiger partial charge on any atom is -0.358 e. The Kier molecular flexibility index (Phi) is 5.34. The van der Waals surface area contributed by atoms with Crippen LogP contribution in [0.2, 0.25) is 5.02 Å². The van der Waals surface area contributed by atoms with Gasteiger partial charge in [0.15, 0.2) is 0 Å². The highest BCUT2D eigenvalue weighted by Crippen LogP contribution is 2.23. The summed E-state index contributed by atoms with van der Waals surface area (Å²) in [4.78, 5) is 12.1. The molecule has 4 nitrogen and oxygen atoms in total. The Hall–Kier alpha value is -2.84. The van der Waals surface area contributed by atoms with E-state index in [0.717, 1.165) is 6.20 Å². The maximum absolute atomic E-state index is 13.5. The van der Waals surface area contributed by atoms with E-state index in [1.807, 2.05) is 0 Å². The molecule has 2 aromatic rings. The fourth-order valence-electron chi connectivity index (χ4n) is 1.81. The Morgan fingerprint density at radius 2 is 1.91 bits per heavy atom. The number of amides is 1. The van der Waals surface area contributed by atoms with Gasteiger partial charge in [-0.2, -0.15) is 5.26 Å². The molecule has 0 saturated heterocycles. The second-order valence-electron chi connectivity index (χ2n) is 4.66. The number of anilines is 2. The minimum absolute atomic E-state index is 0.173. The van der Waals surface area contributed by atoms with Crippen LogP contribution >= 0.6 is 11.6 Å². The molecule has 0 heterocycles. The van der Waals surface area contributed by atoms with Crippen LogP contribution in [0.1, 0.15) is 5.56 Å². The summed E-state index contributed by atoms with van der Waals surface area (Å²) in [7, 11) is 0. The first-order valence-corrected chi connectivity index (χ1v) is 7.08. The van der Waals surface area contributed by atoms with Gasteiger partial charge in [-0.3, -0.25) is 4.79 Å². The Labute approximate surface area is 138 Å². The summed E-state index contributed by atoms with van der Waals surface area (Å²) in [6.45, 7) is 1.76. The van der Waals surface area contributed by atoms with Crippen molar-refractivity contribution in [3.63, 3.8) is 0 Å². The molecule has 0 saturated carbocycles. The van der Waals surface area contributed by atoms with Gasteiger partial charge in [0.25, 0.3) is 5.91 Å². The predicted octanol–water partition coefficient (Wildman–Crippen LogP) is 4.25. The van der Waals surface area contributed by atoms with Crippen LogP contribution < -0.4 is 10.6 Å². The third kappa shape index (κ3) is 4.09. The maximum atomic E-state index is 13.5. The Bertz CT molecular complexity index is 812. The fourth-order valence-corrected chi connectivity index (χ4v) is 1.98. The molecular weight excluding hydrogens is 317 g/mol. The molecule has 0 unspecified atom stereocenters. The Morgan fingerprint density at radius 3 is 2.61 bits per heavy atom. The average Bonchev–Trinajstić information content (AvgIpc) is 2.54. The van der Waals surface area contributed by atoms with Gasteiger partial charge in [-0.15, -0.1) is 0 Å². The molecule has 23 heavy (non-hydrogen) atoms. The van der Waals surface area contributed by atoms with E-state index >= 15 is 0 Å². The number of hydrogen-bond donors (Lipinski definition) is 2. The van der Waals surface area contributed by atoms with E-state index in [-0.39, 0.29) is 11.3 Å². The molecule has 0 bridgehead atoms. The molecule has 0 atom stereocenters. The summed E-state index contributed by atoms with van der Waals surface area (Å²) in [5, 5.41) is 14.8. The van der Waals surface area contributed by atoms with Gasteiger partial charge in [-0.1, -0.05) is 29.8 Å². The third-order valence-electron chi connectivity index (χ3n) is 3.13. The van der Waals surface area contributed by atoms with Crippen molar-refractivity contribution in [1.29, 1.82) is 5.26 Å². The van der Waals surface area contributed by atoms with Crippen LogP contribution in [-0.4, -0.2) is 5.91 Å². The number of nitrogens with one attached hydrogen (secondary N) is 2. The monoisotopic (exact) mass is 329 g/mol. The summed E-state index contributed by atoms with van der Waals surface area (Å²) < 4.78 is 13.5. The highest BCUT2D eigenvalue weighted by molar-refractivity contribution is 6.31. The smallest absolute Gasteiger partial charge is 0.267 e. The Balaban J connectivity index is 2.16. The number of rotatable bonds is 4. The molecule has 2 aromatic carbocycles.